The van der Waals surface area contributed by atoms with Crippen LogP contribution < -0.4 is 4.74 Å². The Morgan fingerprint density at radius 1 is 0.621 bits per heavy atom. The molecule has 0 atom stereocenters. The third-order valence-corrected chi connectivity index (χ3v) is 5.48. The van der Waals surface area contributed by atoms with Crippen molar-refractivity contribution in [3.05, 3.63) is 114 Å². The summed E-state index contributed by atoms with van der Waals surface area (Å²) >= 11 is 0. The molecule has 0 saturated heterocycles. The Kier molecular flexibility index (Phi) is 4.45. The van der Waals surface area contributed by atoms with Gasteiger partial charge in [0.25, 0.3) is 0 Å². The van der Waals surface area contributed by atoms with E-state index in [1.165, 1.54) is 27.8 Å². The van der Waals surface area contributed by atoms with Crippen LogP contribution in [0.5, 0.6) is 5.75 Å². The van der Waals surface area contributed by atoms with E-state index < -0.39 is 0 Å². The molecule has 1 aliphatic heterocycles. The second-order valence-electron chi connectivity index (χ2n) is 7.14. The molecule has 0 spiro atoms. The second kappa shape index (κ2) is 7.40. The maximum absolute atomic E-state index is 5.53. The number of nitrogens with zero attached hydrogens (tertiary/aromatic N) is 1. The Labute approximate surface area is 171 Å². The molecule has 1 heterocycles. The van der Waals surface area contributed by atoms with Crippen molar-refractivity contribution in [2.45, 2.75) is 6.54 Å². The highest BCUT2D eigenvalue weighted by atomic mass is 16.5. The quantitative estimate of drug-likeness (QED) is 0.407. The SMILES string of the molecule is COc1ccc2c(c1)C(c1ccccc1)=NCc1c(-c3ccccc3)cccc1-2. The molecule has 0 bridgehead atoms. The van der Waals surface area contributed by atoms with Crippen molar-refractivity contribution in [2.24, 2.45) is 4.99 Å². The molecule has 0 fully saturated rings. The van der Waals surface area contributed by atoms with Crippen molar-refractivity contribution in [3.8, 4) is 28.0 Å². The first-order chi connectivity index (χ1) is 14.3. The zero-order valence-electron chi connectivity index (χ0n) is 16.3. The first-order valence-corrected chi connectivity index (χ1v) is 9.81. The average Bonchev–Trinajstić information content (AvgIpc) is 2.96. The fourth-order valence-electron chi connectivity index (χ4n) is 4.06. The maximum Gasteiger partial charge on any atom is 0.119 e. The largest absolute Gasteiger partial charge is 0.497 e. The van der Waals surface area contributed by atoms with E-state index in [1.807, 2.05) is 12.1 Å². The molecule has 0 aliphatic carbocycles. The zero-order valence-corrected chi connectivity index (χ0v) is 16.3. The fourth-order valence-corrected chi connectivity index (χ4v) is 4.06. The zero-order chi connectivity index (χ0) is 19.6. The normalized spacial score (nSPS) is 12.4. The highest BCUT2D eigenvalue weighted by molar-refractivity contribution is 6.17. The Bertz CT molecular complexity index is 1190. The van der Waals surface area contributed by atoms with E-state index in [-0.39, 0.29) is 0 Å². The molecule has 5 rings (SSSR count). The van der Waals surface area contributed by atoms with Crippen LogP contribution in [-0.4, -0.2) is 12.8 Å². The smallest absolute Gasteiger partial charge is 0.119 e. The lowest BCUT2D eigenvalue weighted by molar-refractivity contribution is 0.415. The second-order valence-corrected chi connectivity index (χ2v) is 7.14. The van der Waals surface area contributed by atoms with Crippen LogP contribution in [0.3, 0.4) is 0 Å². The molecule has 2 heteroatoms. The average molecular weight is 375 g/mol. The Hall–Kier alpha value is -3.65. The molecular weight excluding hydrogens is 354 g/mol. The molecule has 4 aromatic rings. The van der Waals surface area contributed by atoms with Gasteiger partial charge in [-0.15, -0.1) is 0 Å². The summed E-state index contributed by atoms with van der Waals surface area (Å²) in [5.41, 5.74) is 9.39. The van der Waals surface area contributed by atoms with Crippen molar-refractivity contribution < 1.29 is 4.74 Å². The van der Waals surface area contributed by atoms with E-state index in [9.17, 15) is 0 Å². The van der Waals surface area contributed by atoms with Gasteiger partial charge in [-0.25, -0.2) is 0 Å². The van der Waals surface area contributed by atoms with Gasteiger partial charge >= 0.3 is 0 Å². The minimum Gasteiger partial charge on any atom is -0.497 e. The van der Waals surface area contributed by atoms with Gasteiger partial charge in [-0.05, 0) is 39.9 Å². The molecule has 0 amide bonds. The molecule has 0 N–H and O–H groups in total. The van der Waals surface area contributed by atoms with Gasteiger partial charge < -0.3 is 4.74 Å². The van der Waals surface area contributed by atoms with E-state index in [0.717, 1.165) is 22.6 Å². The van der Waals surface area contributed by atoms with Crippen LogP contribution in [0.4, 0.5) is 0 Å². The van der Waals surface area contributed by atoms with Crippen LogP contribution in [0, 0.1) is 0 Å². The predicted octanol–water partition coefficient (Wildman–Crippen LogP) is 6.38. The predicted molar refractivity (Wildman–Crippen MR) is 120 cm³/mol. The standard InChI is InChI=1S/C27H21NO/c1-29-21-15-16-24-23-14-8-13-22(19-9-4-2-5-10-19)26(23)18-28-27(25(24)17-21)20-11-6-3-7-12-20/h2-17H,18H2,1H3. The minimum atomic E-state index is 0.641. The monoisotopic (exact) mass is 375 g/mol. The number of benzene rings is 4. The molecule has 0 radical (unpaired) electrons. The number of rotatable bonds is 3. The van der Waals surface area contributed by atoms with E-state index >= 15 is 0 Å². The molecule has 140 valence electrons. The fraction of sp³-hybridized carbons (Fsp3) is 0.0741. The van der Waals surface area contributed by atoms with Gasteiger partial charge in [0.1, 0.15) is 5.75 Å². The van der Waals surface area contributed by atoms with Gasteiger partial charge in [-0.2, -0.15) is 0 Å². The summed E-state index contributed by atoms with van der Waals surface area (Å²) in [7, 11) is 1.71. The van der Waals surface area contributed by atoms with Gasteiger partial charge in [0.15, 0.2) is 0 Å². The lowest BCUT2D eigenvalue weighted by Crippen LogP contribution is -2.04. The van der Waals surface area contributed by atoms with Crippen LogP contribution in [0.1, 0.15) is 16.7 Å². The molecular formula is C27H21NO. The Balaban J connectivity index is 1.78. The van der Waals surface area contributed by atoms with Crippen LogP contribution in [0.25, 0.3) is 22.3 Å². The molecule has 29 heavy (non-hydrogen) atoms. The van der Waals surface area contributed by atoms with Gasteiger partial charge in [-0.3, -0.25) is 4.99 Å². The number of fused-ring (bicyclic) bond motifs is 3. The minimum absolute atomic E-state index is 0.641. The van der Waals surface area contributed by atoms with Crippen molar-refractivity contribution >= 4 is 5.71 Å². The summed E-state index contributed by atoms with van der Waals surface area (Å²) < 4.78 is 5.53. The van der Waals surface area contributed by atoms with Crippen LogP contribution in [0.2, 0.25) is 0 Å². The van der Waals surface area contributed by atoms with Crippen molar-refractivity contribution in [1.29, 1.82) is 0 Å². The molecule has 4 aromatic carbocycles. The van der Waals surface area contributed by atoms with Crippen molar-refractivity contribution in [2.75, 3.05) is 7.11 Å². The topological polar surface area (TPSA) is 21.6 Å². The van der Waals surface area contributed by atoms with Crippen LogP contribution in [-0.2, 0) is 6.54 Å². The number of hydrogen-bond acceptors (Lipinski definition) is 2. The summed E-state index contributed by atoms with van der Waals surface area (Å²) in [6.45, 7) is 0.641. The van der Waals surface area contributed by atoms with Gasteiger partial charge in [-0.1, -0.05) is 84.9 Å². The van der Waals surface area contributed by atoms with Crippen molar-refractivity contribution in [1.82, 2.24) is 0 Å². The lowest BCUT2D eigenvalue weighted by Gasteiger charge is -2.15. The number of methoxy groups -OCH3 is 1. The first-order valence-electron chi connectivity index (χ1n) is 9.81. The summed E-state index contributed by atoms with van der Waals surface area (Å²) in [5, 5.41) is 0. The number of ether oxygens (including phenoxy) is 1. The van der Waals surface area contributed by atoms with Gasteiger partial charge in [0.2, 0.25) is 0 Å². The highest BCUT2D eigenvalue weighted by Gasteiger charge is 2.21. The van der Waals surface area contributed by atoms with Gasteiger partial charge in [0.05, 0.1) is 19.4 Å². The first kappa shape index (κ1) is 17.4. The summed E-state index contributed by atoms with van der Waals surface area (Å²) in [5.74, 6) is 0.843. The summed E-state index contributed by atoms with van der Waals surface area (Å²) in [4.78, 5) is 5.10. The van der Waals surface area contributed by atoms with Crippen molar-refractivity contribution in [3.63, 3.8) is 0 Å². The Morgan fingerprint density at radius 3 is 2.03 bits per heavy atom. The van der Waals surface area contributed by atoms with E-state index in [2.05, 4.69) is 84.9 Å². The highest BCUT2D eigenvalue weighted by Crippen LogP contribution is 2.38. The molecule has 2 nitrogen and oxygen atoms in total. The third-order valence-electron chi connectivity index (χ3n) is 5.48. The molecule has 1 aliphatic rings. The van der Waals surface area contributed by atoms with Crippen LogP contribution >= 0.6 is 0 Å². The lowest BCUT2D eigenvalue weighted by atomic mass is 9.89. The summed E-state index contributed by atoms with van der Waals surface area (Å²) in [6, 6.07) is 33.8. The van der Waals surface area contributed by atoms with E-state index in [1.54, 1.807) is 7.11 Å². The third kappa shape index (κ3) is 3.13. The summed E-state index contributed by atoms with van der Waals surface area (Å²) in [6.07, 6.45) is 0. The maximum atomic E-state index is 5.53. The Morgan fingerprint density at radius 2 is 1.31 bits per heavy atom. The molecule has 0 aromatic heterocycles. The van der Waals surface area contributed by atoms with E-state index in [0.29, 0.717) is 6.54 Å². The van der Waals surface area contributed by atoms with E-state index in [4.69, 9.17) is 9.73 Å². The van der Waals surface area contributed by atoms with Crippen LogP contribution in [0.15, 0.2) is 102 Å². The molecule has 0 saturated carbocycles. The number of aliphatic imine (C=N–C) groups is 1. The number of hydrogen-bond donors (Lipinski definition) is 0. The van der Waals surface area contributed by atoms with Gasteiger partial charge in [0, 0.05) is 11.1 Å². The molecule has 0 unspecified atom stereocenters.